The Labute approximate surface area is 145 Å². The average molecular weight is 260 g/mol. The van der Waals surface area contributed by atoms with Crippen LogP contribution < -0.4 is 0 Å². The molecule has 6 heteroatoms. The van der Waals surface area contributed by atoms with Gasteiger partial charge in [-0.25, -0.2) is 9.59 Å². The summed E-state index contributed by atoms with van der Waals surface area (Å²) in [6.45, 7) is 1.68. The molecule has 0 saturated heterocycles. The third kappa shape index (κ3) is 5.45. The summed E-state index contributed by atoms with van der Waals surface area (Å²) < 4.78 is 0. The number of aliphatic carboxylic acids is 2. The molecule has 17 heavy (non-hydrogen) atoms. The predicted octanol–water partition coefficient (Wildman–Crippen LogP) is 0.755. The Morgan fingerprint density at radius 2 is 1.53 bits per heavy atom. The van der Waals surface area contributed by atoms with Crippen molar-refractivity contribution in [3.05, 3.63) is 11.1 Å². The molecule has 0 aromatic carbocycles. The van der Waals surface area contributed by atoms with Crippen molar-refractivity contribution in [3.8, 4) is 0 Å². The number of hydrogen-bond donors (Lipinski definition) is 2. The third-order valence-corrected chi connectivity index (χ3v) is 2.93. The molecule has 1 saturated carbocycles. The van der Waals surface area contributed by atoms with Gasteiger partial charge in [0.15, 0.2) is 0 Å². The Morgan fingerprint density at radius 1 is 1.06 bits per heavy atom. The van der Waals surface area contributed by atoms with Crippen molar-refractivity contribution in [3.63, 3.8) is 0 Å². The summed E-state index contributed by atoms with van der Waals surface area (Å²) in [5, 5.41) is 18.0. The standard InChI is InChI=1S/C11H16O4.2Na.2H/c1-2-8(10(12)13)9(11(14)15)7-5-3-4-6-7;;;;/h7H,2-6H2,1H3,(H,12,13)(H,14,15);;;;/b9-8-;;;;. The van der Waals surface area contributed by atoms with Crippen LogP contribution in [-0.4, -0.2) is 81.3 Å². The van der Waals surface area contributed by atoms with Gasteiger partial charge in [-0.2, -0.15) is 0 Å². The molecular formula is C11H18Na2O4. The van der Waals surface area contributed by atoms with E-state index in [-0.39, 0.29) is 82.6 Å². The van der Waals surface area contributed by atoms with Gasteiger partial charge in [-0.15, -0.1) is 0 Å². The zero-order valence-electron chi connectivity index (χ0n) is 8.82. The van der Waals surface area contributed by atoms with Crippen LogP contribution >= 0.6 is 0 Å². The molecule has 0 aromatic heterocycles. The van der Waals surface area contributed by atoms with Crippen LogP contribution in [-0.2, 0) is 9.59 Å². The number of carboxylic acids is 2. The van der Waals surface area contributed by atoms with Gasteiger partial charge in [0, 0.05) is 5.57 Å². The minimum absolute atomic E-state index is 0. The normalized spacial score (nSPS) is 16.5. The van der Waals surface area contributed by atoms with E-state index in [0.29, 0.717) is 0 Å². The van der Waals surface area contributed by atoms with Crippen LogP contribution in [0.3, 0.4) is 0 Å². The van der Waals surface area contributed by atoms with E-state index in [2.05, 4.69) is 0 Å². The van der Waals surface area contributed by atoms with Gasteiger partial charge in [-0.05, 0) is 25.2 Å². The van der Waals surface area contributed by atoms with Gasteiger partial charge >= 0.3 is 71.1 Å². The van der Waals surface area contributed by atoms with Crippen molar-refractivity contribution in [1.29, 1.82) is 0 Å². The summed E-state index contributed by atoms with van der Waals surface area (Å²) >= 11 is 0. The third-order valence-electron chi connectivity index (χ3n) is 2.93. The fourth-order valence-electron chi connectivity index (χ4n) is 2.22. The average Bonchev–Trinajstić information content (AvgIpc) is 2.64. The molecule has 1 fully saturated rings. The molecule has 0 spiro atoms. The molecule has 0 aliphatic heterocycles. The summed E-state index contributed by atoms with van der Waals surface area (Å²) in [5.74, 6) is -2.23. The van der Waals surface area contributed by atoms with Crippen LogP contribution in [0, 0.1) is 5.92 Å². The van der Waals surface area contributed by atoms with E-state index in [1.165, 1.54) is 0 Å². The maximum atomic E-state index is 11.1. The van der Waals surface area contributed by atoms with E-state index in [0.717, 1.165) is 25.7 Å². The fraction of sp³-hybridized carbons (Fsp3) is 0.636. The van der Waals surface area contributed by atoms with E-state index in [1.807, 2.05) is 0 Å². The second-order valence-corrected chi connectivity index (χ2v) is 3.84. The maximum absolute atomic E-state index is 11.1. The van der Waals surface area contributed by atoms with Gasteiger partial charge < -0.3 is 10.2 Å². The predicted molar refractivity (Wildman–Crippen MR) is 68.8 cm³/mol. The Morgan fingerprint density at radius 3 is 1.82 bits per heavy atom. The monoisotopic (exact) mass is 260 g/mol. The van der Waals surface area contributed by atoms with E-state index in [1.54, 1.807) is 6.92 Å². The molecule has 4 nitrogen and oxygen atoms in total. The second-order valence-electron chi connectivity index (χ2n) is 3.84. The van der Waals surface area contributed by atoms with E-state index < -0.39 is 11.9 Å². The first-order valence-electron chi connectivity index (χ1n) is 5.27. The molecule has 0 radical (unpaired) electrons. The minimum atomic E-state index is -1.10. The number of carbonyl (C=O) groups is 2. The Kier molecular flexibility index (Phi) is 11.3. The number of hydrogen-bond acceptors (Lipinski definition) is 2. The van der Waals surface area contributed by atoms with Gasteiger partial charge in [0.1, 0.15) is 0 Å². The molecule has 0 bridgehead atoms. The molecule has 1 aliphatic carbocycles. The van der Waals surface area contributed by atoms with E-state index >= 15 is 0 Å². The SMILES string of the molecule is CC/C(C(=O)O)=C(/C(=O)O)C1CCCC1.[NaH].[NaH]. The van der Waals surface area contributed by atoms with Gasteiger partial charge in [-0.3, -0.25) is 0 Å². The number of carboxylic acid groups (broad SMARTS) is 2. The molecule has 0 heterocycles. The van der Waals surface area contributed by atoms with Crippen molar-refractivity contribution < 1.29 is 19.8 Å². The van der Waals surface area contributed by atoms with Crippen molar-refractivity contribution in [2.75, 3.05) is 0 Å². The van der Waals surface area contributed by atoms with Crippen molar-refractivity contribution >= 4 is 71.1 Å². The summed E-state index contributed by atoms with van der Waals surface area (Å²) in [6.07, 6.45) is 3.88. The quantitative estimate of drug-likeness (QED) is 0.578. The van der Waals surface area contributed by atoms with Crippen LogP contribution in [0.1, 0.15) is 39.0 Å². The Balaban J connectivity index is 0. The molecule has 0 aromatic rings. The van der Waals surface area contributed by atoms with Gasteiger partial charge in [0.2, 0.25) is 0 Å². The van der Waals surface area contributed by atoms with E-state index in [4.69, 9.17) is 10.2 Å². The molecular weight excluding hydrogens is 242 g/mol. The first-order chi connectivity index (χ1) is 7.07. The van der Waals surface area contributed by atoms with Crippen LogP contribution in [0.4, 0.5) is 0 Å². The first-order valence-corrected chi connectivity index (χ1v) is 5.27. The van der Waals surface area contributed by atoms with Crippen LogP contribution in [0.25, 0.3) is 0 Å². The molecule has 88 valence electrons. The van der Waals surface area contributed by atoms with E-state index in [9.17, 15) is 9.59 Å². The van der Waals surface area contributed by atoms with Gasteiger partial charge in [-0.1, -0.05) is 19.8 Å². The topological polar surface area (TPSA) is 74.6 Å². The summed E-state index contributed by atoms with van der Waals surface area (Å²) in [5.41, 5.74) is 0.192. The van der Waals surface area contributed by atoms with Crippen molar-refractivity contribution in [2.45, 2.75) is 39.0 Å². The zero-order valence-corrected chi connectivity index (χ0v) is 8.82. The molecule has 1 rings (SSSR count). The first kappa shape index (κ1) is 20.0. The van der Waals surface area contributed by atoms with Crippen LogP contribution in [0.5, 0.6) is 0 Å². The Bertz CT molecular complexity index is 307. The van der Waals surface area contributed by atoms with Crippen molar-refractivity contribution in [1.82, 2.24) is 0 Å². The number of rotatable bonds is 4. The molecule has 1 aliphatic rings. The molecule has 0 atom stereocenters. The molecule has 2 N–H and O–H groups in total. The Hall–Kier alpha value is 0.680. The summed E-state index contributed by atoms with van der Waals surface area (Å²) in [4.78, 5) is 22.0. The van der Waals surface area contributed by atoms with Crippen LogP contribution in [0.2, 0.25) is 0 Å². The molecule has 0 unspecified atom stereocenters. The van der Waals surface area contributed by atoms with Crippen molar-refractivity contribution in [2.24, 2.45) is 5.92 Å². The summed E-state index contributed by atoms with van der Waals surface area (Å²) in [6, 6.07) is 0. The van der Waals surface area contributed by atoms with Gasteiger partial charge in [0.05, 0.1) is 5.57 Å². The van der Waals surface area contributed by atoms with Gasteiger partial charge in [0.25, 0.3) is 0 Å². The van der Waals surface area contributed by atoms with Crippen LogP contribution in [0.15, 0.2) is 11.1 Å². The fourth-order valence-corrected chi connectivity index (χ4v) is 2.22. The zero-order chi connectivity index (χ0) is 11.4. The summed E-state index contributed by atoms with van der Waals surface area (Å²) in [7, 11) is 0. The molecule has 0 amide bonds. The second kappa shape index (κ2) is 9.59.